The first-order valence-corrected chi connectivity index (χ1v) is 6.28. The Hall–Kier alpha value is -1.10. The van der Waals surface area contributed by atoms with Crippen LogP contribution in [0.5, 0.6) is 0 Å². The van der Waals surface area contributed by atoms with Crippen LogP contribution in [-0.4, -0.2) is 47.7 Å². The number of carboxylic acid groups (broad SMARTS) is 1. The van der Waals surface area contributed by atoms with Gasteiger partial charge in [0, 0.05) is 26.2 Å². The highest BCUT2D eigenvalue weighted by Crippen LogP contribution is 2.23. The van der Waals surface area contributed by atoms with Crippen LogP contribution in [0, 0.1) is 5.92 Å². The van der Waals surface area contributed by atoms with Crippen LogP contribution in [0.2, 0.25) is 0 Å². The molecule has 0 bridgehead atoms. The summed E-state index contributed by atoms with van der Waals surface area (Å²) in [6.45, 7) is 2.01. The summed E-state index contributed by atoms with van der Waals surface area (Å²) in [6, 6.07) is -0.605. The molecule has 0 spiro atoms. The molecule has 1 unspecified atom stereocenters. The third-order valence-corrected chi connectivity index (χ3v) is 3.58. The Morgan fingerprint density at radius 3 is 2.76 bits per heavy atom. The Balaban J connectivity index is 1.88. The summed E-state index contributed by atoms with van der Waals surface area (Å²) in [5.41, 5.74) is 0. The van der Waals surface area contributed by atoms with E-state index < -0.39 is 12.0 Å². The first-order chi connectivity index (χ1) is 8.18. The van der Waals surface area contributed by atoms with Gasteiger partial charge in [-0.15, -0.1) is 0 Å². The van der Waals surface area contributed by atoms with E-state index in [1.807, 2.05) is 0 Å². The molecule has 2 heterocycles. The number of aliphatic carboxylic acids is 1. The Labute approximate surface area is 101 Å². The smallest absolute Gasteiger partial charge is 0.326 e. The van der Waals surface area contributed by atoms with Crippen molar-refractivity contribution in [2.75, 3.05) is 19.8 Å². The average molecular weight is 241 g/mol. The van der Waals surface area contributed by atoms with Crippen LogP contribution in [0.3, 0.4) is 0 Å². The molecule has 2 rings (SSSR count). The maximum Gasteiger partial charge on any atom is 0.326 e. The van der Waals surface area contributed by atoms with Crippen molar-refractivity contribution in [2.45, 2.75) is 38.1 Å². The standard InChI is InChI=1S/C12H19NO4/c14-11(7-9-3-2-6-17-8-9)13-5-1-4-10(13)12(15)16/h9-10H,1-8H2,(H,15,16)/t9?,10-/m0/s1. The molecule has 5 nitrogen and oxygen atoms in total. The van der Waals surface area contributed by atoms with Gasteiger partial charge in [0.15, 0.2) is 0 Å². The van der Waals surface area contributed by atoms with Gasteiger partial charge in [0.2, 0.25) is 5.91 Å². The fourth-order valence-electron chi connectivity index (χ4n) is 2.65. The van der Waals surface area contributed by atoms with Gasteiger partial charge < -0.3 is 14.7 Å². The van der Waals surface area contributed by atoms with Crippen LogP contribution in [0.1, 0.15) is 32.1 Å². The number of rotatable bonds is 3. The minimum atomic E-state index is -0.879. The van der Waals surface area contributed by atoms with E-state index in [0.29, 0.717) is 26.0 Å². The van der Waals surface area contributed by atoms with Crippen molar-refractivity contribution < 1.29 is 19.4 Å². The fourth-order valence-corrected chi connectivity index (χ4v) is 2.65. The van der Waals surface area contributed by atoms with Crippen molar-refractivity contribution in [3.8, 4) is 0 Å². The molecule has 2 fully saturated rings. The van der Waals surface area contributed by atoms with Gasteiger partial charge in [0.05, 0.1) is 0 Å². The van der Waals surface area contributed by atoms with Crippen LogP contribution in [-0.2, 0) is 14.3 Å². The molecular weight excluding hydrogens is 222 g/mol. The molecule has 2 saturated heterocycles. The van der Waals surface area contributed by atoms with Crippen LogP contribution in [0.4, 0.5) is 0 Å². The average Bonchev–Trinajstić information content (AvgIpc) is 2.79. The summed E-state index contributed by atoms with van der Waals surface area (Å²) >= 11 is 0. The lowest BCUT2D eigenvalue weighted by molar-refractivity contribution is -0.148. The summed E-state index contributed by atoms with van der Waals surface area (Å²) in [6.07, 6.45) is 3.83. The Morgan fingerprint density at radius 2 is 2.12 bits per heavy atom. The lowest BCUT2D eigenvalue weighted by Crippen LogP contribution is -2.41. The number of carbonyl (C=O) groups is 2. The molecule has 17 heavy (non-hydrogen) atoms. The molecule has 2 aliphatic rings. The molecular formula is C12H19NO4. The lowest BCUT2D eigenvalue weighted by Gasteiger charge is -2.26. The molecule has 0 aromatic carbocycles. The van der Waals surface area contributed by atoms with E-state index in [1.54, 1.807) is 0 Å². The number of hydrogen-bond acceptors (Lipinski definition) is 3. The zero-order valence-electron chi connectivity index (χ0n) is 9.93. The van der Waals surface area contributed by atoms with Gasteiger partial charge in [-0.25, -0.2) is 4.79 Å². The molecule has 0 saturated carbocycles. The first kappa shape index (κ1) is 12.4. The first-order valence-electron chi connectivity index (χ1n) is 6.28. The summed E-state index contributed by atoms with van der Waals surface area (Å²) in [4.78, 5) is 24.6. The fraction of sp³-hybridized carbons (Fsp3) is 0.833. The highest BCUT2D eigenvalue weighted by atomic mass is 16.5. The van der Waals surface area contributed by atoms with E-state index >= 15 is 0 Å². The zero-order chi connectivity index (χ0) is 12.3. The van der Waals surface area contributed by atoms with Gasteiger partial charge in [-0.2, -0.15) is 0 Å². The third kappa shape index (κ3) is 2.97. The van der Waals surface area contributed by atoms with Crippen molar-refractivity contribution in [1.82, 2.24) is 4.90 Å². The monoisotopic (exact) mass is 241 g/mol. The quantitative estimate of drug-likeness (QED) is 0.796. The molecule has 5 heteroatoms. The van der Waals surface area contributed by atoms with Crippen LogP contribution >= 0.6 is 0 Å². The van der Waals surface area contributed by atoms with Crippen molar-refractivity contribution >= 4 is 11.9 Å². The minimum Gasteiger partial charge on any atom is -0.480 e. The van der Waals surface area contributed by atoms with E-state index in [0.717, 1.165) is 25.9 Å². The number of likely N-dealkylation sites (tertiary alicyclic amines) is 1. The number of hydrogen-bond donors (Lipinski definition) is 1. The number of ether oxygens (including phenoxy) is 1. The topological polar surface area (TPSA) is 66.8 Å². The number of nitrogens with zero attached hydrogens (tertiary/aromatic N) is 1. The second kappa shape index (κ2) is 5.49. The minimum absolute atomic E-state index is 0.0228. The molecule has 0 aromatic heterocycles. The molecule has 0 aliphatic carbocycles. The largest absolute Gasteiger partial charge is 0.480 e. The maximum atomic E-state index is 12.0. The lowest BCUT2D eigenvalue weighted by atomic mass is 9.98. The SMILES string of the molecule is O=C(O)[C@@H]1CCCN1C(=O)CC1CCCOC1. The third-order valence-electron chi connectivity index (χ3n) is 3.58. The Morgan fingerprint density at radius 1 is 1.29 bits per heavy atom. The normalized spacial score (nSPS) is 29.3. The predicted octanol–water partition coefficient (Wildman–Crippen LogP) is 0.879. The molecule has 1 N–H and O–H groups in total. The second-order valence-electron chi connectivity index (χ2n) is 4.87. The van der Waals surface area contributed by atoms with Crippen molar-refractivity contribution in [3.05, 3.63) is 0 Å². The molecule has 1 amide bonds. The van der Waals surface area contributed by atoms with E-state index in [1.165, 1.54) is 4.90 Å². The number of carboxylic acids is 1. The second-order valence-corrected chi connectivity index (χ2v) is 4.87. The summed E-state index contributed by atoms with van der Waals surface area (Å²) < 4.78 is 5.33. The maximum absolute atomic E-state index is 12.0. The van der Waals surface area contributed by atoms with Gasteiger partial charge in [-0.1, -0.05) is 0 Å². The summed E-state index contributed by atoms with van der Waals surface area (Å²) in [7, 11) is 0. The van der Waals surface area contributed by atoms with Gasteiger partial charge in [-0.05, 0) is 31.6 Å². The van der Waals surface area contributed by atoms with Gasteiger partial charge >= 0.3 is 5.97 Å². The zero-order valence-corrected chi connectivity index (χ0v) is 9.93. The van der Waals surface area contributed by atoms with Crippen LogP contribution in [0.15, 0.2) is 0 Å². The van der Waals surface area contributed by atoms with Crippen LogP contribution in [0.25, 0.3) is 0 Å². The van der Waals surface area contributed by atoms with Crippen LogP contribution < -0.4 is 0 Å². The van der Waals surface area contributed by atoms with E-state index in [9.17, 15) is 9.59 Å². The molecule has 96 valence electrons. The van der Waals surface area contributed by atoms with Gasteiger partial charge in [0.25, 0.3) is 0 Å². The molecule has 2 aliphatic heterocycles. The Kier molecular flexibility index (Phi) is 3.99. The van der Waals surface area contributed by atoms with Gasteiger partial charge in [-0.3, -0.25) is 4.79 Å². The summed E-state index contributed by atoms with van der Waals surface area (Å²) in [5.74, 6) is -0.632. The van der Waals surface area contributed by atoms with E-state index in [4.69, 9.17) is 9.84 Å². The summed E-state index contributed by atoms with van der Waals surface area (Å²) in [5, 5.41) is 9.02. The van der Waals surface area contributed by atoms with Crippen molar-refractivity contribution in [2.24, 2.45) is 5.92 Å². The highest BCUT2D eigenvalue weighted by Gasteiger charge is 2.34. The molecule has 0 aromatic rings. The highest BCUT2D eigenvalue weighted by molar-refractivity contribution is 5.84. The Bertz CT molecular complexity index is 299. The molecule has 0 radical (unpaired) electrons. The van der Waals surface area contributed by atoms with Crippen molar-refractivity contribution in [1.29, 1.82) is 0 Å². The van der Waals surface area contributed by atoms with Crippen molar-refractivity contribution in [3.63, 3.8) is 0 Å². The van der Waals surface area contributed by atoms with Gasteiger partial charge in [0.1, 0.15) is 6.04 Å². The number of carbonyl (C=O) groups excluding carboxylic acids is 1. The predicted molar refractivity (Wildman–Crippen MR) is 60.5 cm³/mol. The van der Waals surface area contributed by atoms with E-state index in [-0.39, 0.29) is 11.8 Å². The molecule has 2 atom stereocenters. The van der Waals surface area contributed by atoms with E-state index in [2.05, 4.69) is 0 Å². The number of amides is 1.